The molecule has 0 saturated carbocycles. The van der Waals surface area contributed by atoms with E-state index in [2.05, 4.69) is 5.32 Å². The number of anilines is 1. The summed E-state index contributed by atoms with van der Waals surface area (Å²) >= 11 is 0. The van der Waals surface area contributed by atoms with Crippen molar-refractivity contribution in [3.8, 4) is 0 Å². The molecule has 0 aliphatic heterocycles. The maximum Gasteiger partial charge on any atom is 0.337 e. The largest absolute Gasteiger partial charge is 0.478 e. The van der Waals surface area contributed by atoms with E-state index in [1.807, 2.05) is 13.0 Å². The minimum atomic E-state index is -0.960. The quantitative estimate of drug-likeness (QED) is 0.686. The molecule has 100 valence electrons. The summed E-state index contributed by atoms with van der Waals surface area (Å²) < 4.78 is 4.82. The summed E-state index contributed by atoms with van der Waals surface area (Å²) in [7, 11) is 1.53. The number of benzene rings is 1. The maximum atomic E-state index is 11.1. The number of ether oxygens (including phenoxy) is 1. The van der Waals surface area contributed by atoms with Gasteiger partial charge in [-0.1, -0.05) is 12.1 Å². The highest BCUT2D eigenvalue weighted by Gasteiger charge is 2.12. The van der Waals surface area contributed by atoms with Crippen molar-refractivity contribution in [3.05, 3.63) is 29.3 Å². The first-order valence-electron chi connectivity index (χ1n) is 5.80. The molecule has 0 radical (unpaired) electrons. The van der Waals surface area contributed by atoms with Crippen LogP contribution in [0.5, 0.6) is 0 Å². The lowest BCUT2D eigenvalue weighted by atomic mass is 10.1. The molecule has 5 nitrogen and oxygen atoms in total. The fraction of sp³-hybridized carbons (Fsp3) is 0.462. The van der Waals surface area contributed by atoms with Gasteiger partial charge < -0.3 is 20.3 Å². The van der Waals surface area contributed by atoms with Crippen LogP contribution in [0.25, 0.3) is 0 Å². The molecule has 0 aliphatic rings. The van der Waals surface area contributed by atoms with Gasteiger partial charge >= 0.3 is 5.97 Å². The number of aliphatic hydroxyl groups excluding tert-OH is 1. The molecule has 1 unspecified atom stereocenters. The Hall–Kier alpha value is -1.59. The van der Waals surface area contributed by atoms with Gasteiger partial charge in [0.2, 0.25) is 0 Å². The van der Waals surface area contributed by atoms with Crippen LogP contribution < -0.4 is 5.32 Å². The summed E-state index contributed by atoms with van der Waals surface area (Å²) in [6.45, 7) is 2.62. The van der Waals surface area contributed by atoms with Crippen LogP contribution >= 0.6 is 0 Å². The molecule has 0 aromatic heterocycles. The molecule has 0 heterocycles. The minimum Gasteiger partial charge on any atom is -0.478 e. The van der Waals surface area contributed by atoms with E-state index in [0.29, 0.717) is 18.7 Å². The molecule has 0 amide bonds. The third kappa shape index (κ3) is 4.01. The zero-order valence-electron chi connectivity index (χ0n) is 10.6. The van der Waals surface area contributed by atoms with Crippen LogP contribution in [-0.2, 0) is 4.74 Å². The van der Waals surface area contributed by atoms with Crippen molar-refractivity contribution in [2.24, 2.45) is 0 Å². The van der Waals surface area contributed by atoms with Gasteiger partial charge in [0.25, 0.3) is 0 Å². The van der Waals surface area contributed by atoms with Gasteiger partial charge in [-0.2, -0.15) is 0 Å². The minimum absolute atomic E-state index is 0.247. The first-order chi connectivity index (χ1) is 8.56. The smallest absolute Gasteiger partial charge is 0.337 e. The Labute approximate surface area is 106 Å². The van der Waals surface area contributed by atoms with Crippen LogP contribution in [0.3, 0.4) is 0 Å². The first-order valence-corrected chi connectivity index (χ1v) is 5.80. The highest BCUT2D eigenvalue weighted by Crippen LogP contribution is 2.20. The highest BCUT2D eigenvalue weighted by atomic mass is 16.5. The molecule has 1 atom stereocenters. The van der Waals surface area contributed by atoms with Crippen LogP contribution in [0.1, 0.15) is 22.3 Å². The normalized spacial score (nSPS) is 12.2. The Kier molecular flexibility index (Phi) is 5.61. The van der Waals surface area contributed by atoms with Crippen molar-refractivity contribution in [3.63, 3.8) is 0 Å². The number of para-hydroxylation sites is 1. The van der Waals surface area contributed by atoms with E-state index in [0.717, 1.165) is 5.56 Å². The fourth-order valence-corrected chi connectivity index (χ4v) is 1.72. The number of hydrogen-bond donors (Lipinski definition) is 3. The van der Waals surface area contributed by atoms with Crippen molar-refractivity contribution in [1.29, 1.82) is 0 Å². The fourth-order valence-electron chi connectivity index (χ4n) is 1.72. The summed E-state index contributed by atoms with van der Waals surface area (Å²) in [6, 6.07) is 5.12. The Morgan fingerprint density at radius 3 is 2.83 bits per heavy atom. The summed E-state index contributed by atoms with van der Waals surface area (Å²) in [5, 5.41) is 21.6. The maximum absolute atomic E-state index is 11.1. The van der Waals surface area contributed by atoms with E-state index in [1.165, 1.54) is 7.11 Å². The van der Waals surface area contributed by atoms with E-state index in [1.54, 1.807) is 12.1 Å². The Morgan fingerprint density at radius 1 is 1.50 bits per heavy atom. The van der Waals surface area contributed by atoms with E-state index >= 15 is 0 Å². The van der Waals surface area contributed by atoms with Gasteiger partial charge in [0.1, 0.15) is 0 Å². The second-order valence-electron chi connectivity index (χ2n) is 4.13. The van der Waals surface area contributed by atoms with Crippen molar-refractivity contribution >= 4 is 11.7 Å². The molecule has 1 aromatic rings. The number of carbonyl (C=O) groups is 1. The standard InChI is InChI=1S/C13H19NO4/c1-9-4-3-5-11(13(16)17)12(9)14-7-6-10(15)8-18-2/h3-5,10,14-15H,6-8H2,1-2H3,(H,16,17). The number of aliphatic hydroxyl groups is 1. The molecule has 1 aromatic carbocycles. The van der Waals surface area contributed by atoms with Gasteiger partial charge in [-0.05, 0) is 25.0 Å². The molecular formula is C13H19NO4. The molecule has 0 spiro atoms. The number of hydrogen-bond acceptors (Lipinski definition) is 4. The van der Waals surface area contributed by atoms with Crippen molar-refractivity contribution in [1.82, 2.24) is 0 Å². The Morgan fingerprint density at radius 2 is 2.22 bits per heavy atom. The van der Waals surface area contributed by atoms with Crippen LogP contribution in [-0.4, -0.2) is 42.5 Å². The van der Waals surface area contributed by atoms with Gasteiger partial charge in [0.15, 0.2) is 0 Å². The second kappa shape index (κ2) is 6.98. The number of aryl methyl sites for hydroxylation is 1. The molecular weight excluding hydrogens is 234 g/mol. The van der Waals surface area contributed by atoms with Gasteiger partial charge in [0.05, 0.1) is 24.0 Å². The average Bonchev–Trinajstić information content (AvgIpc) is 2.31. The Bertz CT molecular complexity index is 406. The second-order valence-corrected chi connectivity index (χ2v) is 4.13. The molecule has 0 bridgehead atoms. The number of carboxylic acid groups (broad SMARTS) is 1. The van der Waals surface area contributed by atoms with E-state index in [9.17, 15) is 9.90 Å². The average molecular weight is 253 g/mol. The summed E-state index contributed by atoms with van der Waals surface area (Å²) in [4.78, 5) is 11.1. The first kappa shape index (κ1) is 14.5. The lowest BCUT2D eigenvalue weighted by molar-refractivity contribution is 0.0615. The third-order valence-electron chi connectivity index (χ3n) is 2.64. The predicted octanol–water partition coefficient (Wildman–Crippen LogP) is 1.50. The zero-order valence-corrected chi connectivity index (χ0v) is 10.6. The van der Waals surface area contributed by atoms with Gasteiger partial charge in [-0.15, -0.1) is 0 Å². The van der Waals surface area contributed by atoms with E-state index in [-0.39, 0.29) is 12.2 Å². The highest BCUT2D eigenvalue weighted by molar-refractivity contribution is 5.95. The number of rotatable bonds is 7. The SMILES string of the molecule is COCC(O)CCNc1c(C)cccc1C(=O)O. The molecule has 0 saturated heterocycles. The Balaban J connectivity index is 2.64. The lowest BCUT2D eigenvalue weighted by Gasteiger charge is -2.14. The molecule has 0 aliphatic carbocycles. The van der Waals surface area contributed by atoms with Gasteiger partial charge in [-0.3, -0.25) is 0 Å². The lowest BCUT2D eigenvalue weighted by Crippen LogP contribution is -2.19. The monoisotopic (exact) mass is 253 g/mol. The topological polar surface area (TPSA) is 78.8 Å². The molecule has 5 heteroatoms. The van der Waals surface area contributed by atoms with Crippen LogP contribution in [0.15, 0.2) is 18.2 Å². The number of aromatic carboxylic acids is 1. The zero-order chi connectivity index (χ0) is 13.5. The summed E-state index contributed by atoms with van der Waals surface area (Å²) in [6.07, 6.45) is -0.0406. The predicted molar refractivity (Wildman–Crippen MR) is 69.1 cm³/mol. The summed E-state index contributed by atoms with van der Waals surface area (Å²) in [5.41, 5.74) is 1.72. The van der Waals surface area contributed by atoms with Crippen LogP contribution in [0.2, 0.25) is 0 Å². The van der Waals surface area contributed by atoms with Crippen molar-refractivity contribution in [2.45, 2.75) is 19.4 Å². The third-order valence-corrected chi connectivity index (χ3v) is 2.64. The van der Waals surface area contributed by atoms with Crippen molar-refractivity contribution < 1.29 is 19.7 Å². The molecule has 1 rings (SSSR count). The van der Waals surface area contributed by atoms with E-state index < -0.39 is 12.1 Å². The number of carboxylic acids is 1. The van der Waals surface area contributed by atoms with E-state index in [4.69, 9.17) is 9.84 Å². The van der Waals surface area contributed by atoms with Gasteiger partial charge in [-0.25, -0.2) is 4.79 Å². The summed E-state index contributed by atoms with van der Waals surface area (Å²) in [5.74, 6) is -0.960. The molecule has 3 N–H and O–H groups in total. The van der Waals surface area contributed by atoms with Gasteiger partial charge in [0, 0.05) is 13.7 Å². The molecule has 18 heavy (non-hydrogen) atoms. The van der Waals surface area contributed by atoms with Crippen LogP contribution in [0.4, 0.5) is 5.69 Å². The van der Waals surface area contributed by atoms with Crippen molar-refractivity contribution in [2.75, 3.05) is 25.6 Å². The molecule has 0 fully saturated rings. The number of nitrogens with one attached hydrogen (secondary N) is 1. The van der Waals surface area contributed by atoms with Crippen LogP contribution in [0, 0.1) is 6.92 Å². The number of methoxy groups -OCH3 is 1.